The summed E-state index contributed by atoms with van der Waals surface area (Å²) in [5.74, 6) is 3.07. The molecule has 0 saturated heterocycles. The molecule has 82 valence electrons. The molecule has 3 saturated carbocycles. The Balaban J connectivity index is 2.01. The Morgan fingerprint density at radius 3 is 2.21 bits per heavy atom. The molecule has 0 radical (unpaired) electrons. The van der Waals surface area contributed by atoms with E-state index in [1.54, 1.807) is 0 Å². The molecule has 3 fully saturated rings. The summed E-state index contributed by atoms with van der Waals surface area (Å²) in [6.45, 7) is 6.36. The highest BCUT2D eigenvalue weighted by Gasteiger charge is 2.54. The molecule has 0 N–H and O–H groups in total. The van der Waals surface area contributed by atoms with E-state index in [0.29, 0.717) is 5.41 Å². The first-order chi connectivity index (χ1) is 6.31. The SMILES string of the molecule is CC1(C)C2CCC(C[N+](C)(C)C)C1C2. The fraction of sp³-hybridized carbons (Fsp3) is 1.00. The summed E-state index contributed by atoms with van der Waals surface area (Å²) in [5, 5.41) is 0. The lowest BCUT2D eigenvalue weighted by atomic mass is 9.45. The van der Waals surface area contributed by atoms with Gasteiger partial charge in [-0.1, -0.05) is 13.8 Å². The van der Waals surface area contributed by atoms with Crippen LogP contribution in [-0.2, 0) is 0 Å². The monoisotopic (exact) mass is 196 g/mol. The summed E-state index contributed by atoms with van der Waals surface area (Å²) in [7, 11) is 6.99. The molecule has 3 atom stereocenters. The molecule has 3 aliphatic rings. The van der Waals surface area contributed by atoms with Gasteiger partial charge >= 0.3 is 0 Å². The normalized spacial score (nSPS) is 40.5. The van der Waals surface area contributed by atoms with Crippen molar-refractivity contribution in [3.8, 4) is 0 Å². The van der Waals surface area contributed by atoms with Crippen LogP contribution in [0.1, 0.15) is 33.1 Å². The molecule has 0 amide bonds. The standard InChI is InChI=1S/C13H26N/c1-13(2)11-7-6-10(12(13)8-11)9-14(3,4)5/h10-12H,6-9H2,1-5H3/q+1. The van der Waals surface area contributed by atoms with Crippen LogP contribution < -0.4 is 0 Å². The fourth-order valence-electron chi connectivity index (χ4n) is 3.88. The largest absolute Gasteiger partial charge is 0.331 e. The maximum atomic E-state index is 2.49. The van der Waals surface area contributed by atoms with Crippen molar-refractivity contribution in [1.82, 2.24) is 0 Å². The Bertz CT molecular complexity index is 222. The van der Waals surface area contributed by atoms with Crippen LogP contribution in [0.5, 0.6) is 0 Å². The van der Waals surface area contributed by atoms with Crippen LogP contribution in [0.4, 0.5) is 0 Å². The molecule has 0 aliphatic heterocycles. The Morgan fingerprint density at radius 1 is 1.14 bits per heavy atom. The van der Waals surface area contributed by atoms with E-state index in [2.05, 4.69) is 35.0 Å². The lowest BCUT2D eigenvalue weighted by Crippen LogP contribution is -2.56. The van der Waals surface area contributed by atoms with Gasteiger partial charge < -0.3 is 4.48 Å². The van der Waals surface area contributed by atoms with Gasteiger partial charge in [0.1, 0.15) is 0 Å². The quantitative estimate of drug-likeness (QED) is 0.596. The molecule has 0 aromatic heterocycles. The second-order valence-corrected chi connectivity index (χ2v) is 7.17. The van der Waals surface area contributed by atoms with Crippen molar-refractivity contribution in [1.29, 1.82) is 0 Å². The van der Waals surface area contributed by atoms with Crippen LogP contribution in [0, 0.1) is 23.2 Å². The summed E-state index contributed by atoms with van der Waals surface area (Å²) in [5.41, 5.74) is 0.665. The summed E-state index contributed by atoms with van der Waals surface area (Å²) < 4.78 is 1.14. The molecule has 3 aliphatic carbocycles. The molecule has 3 unspecified atom stereocenters. The molecule has 0 aromatic rings. The number of rotatable bonds is 2. The predicted octanol–water partition coefficient (Wildman–Crippen LogP) is 2.76. The lowest BCUT2D eigenvalue weighted by molar-refractivity contribution is -0.875. The van der Waals surface area contributed by atoms with E-state index in [1.807, 2.05) is 0 Å². The van der Waals surface area contributed by atoms with E-state index in [1.165, 1.54) is 25.8 Å². The zero-order valence-corrected chi connectivity index (χ0v) is 10.5. The maximum absolute atomic E-state index is 2.49. The Hall–Kier alpha value is -0.0400. The molecule has 2 bridgehead atoms. The third kappa shape index (κ3) is 1.60. The molecule has 1 nitrogen and oxygen atoms in total. The zero-order valence-electron chi connectivity index (χ0n) is 10.5. The number of nitrogens with zero attached hydrogens (tertiary/aromatic N) is 1. The van der Waals surface area contributed by atoms with Gasteiger partial charge in [-0.3, -0.25) is 0 Å². The minimum atomic E-state index is 0.665. The summed E-state index contributed by atoms with van der Waals surface area (Å²) in [4.78, 5) is 0. The van der Waals surface area contributed by atoms with E-state index < -0.39 is 0 Å². The average molecular weight is 196 g/mol. The van der Waals surface area contributed by atoms with Crippen molar-refractivity contribution in [3.63, 3.8) is 0 Å². The van der Waals surface area contributed by atoms with Gasteiger partial charge in [0, 0.05) is 5.92 Å². The topological polar surface area (TPSA) is 0 Å². The van der Waals surface area contributed by atoms with Gasteiger partial charge in [-0.2, -0.15) is 0 Å². The first-order valence-electron chi connectivity index (χ1n) is 6.11. The Labute approximate surface area is 89.1 Å². The van der Waals surface area contributed by atoms with E-state index in [9.17, 15) is 0 Å². The molecule has 0 aromatic carbocycles. The van der Waals surface area contributed by atoms with Gasteiger partial charge in [0.25, 0.3) is 0 Å². The van der Waals surface area contributed by atoms with E-state index in [0.717, 1.165) is 22.2 Å². The van der Waals surface area contributed by atoms with Gasteiger partial charge in [0.15, 0.2) is 0 Å². The van der Waals surface area contributed by atoms with E-state index >= 15 is 0 Å². The van der Waals surface area contributed by atoms with Gasteiger partial charge in [-0.05, 0) is 36.5 Å². The van der Waals surface area contributed by atoms with E-state index in [4.69, 9.17) is 0 Å². The smallest absolute Gasteiger partial charge is 0.0811 e. The van der Waals surface area contributed by atoms with Crippen LogP contribution in [0.25, 0.3) is 0 Å². The van der Waals surface area contributed by atoms with E-state index in [-0.39, 0.29) is 0 Å². The fourth-order valence-corrected chi connectivity index (χ4v) is 3.88. The number of quaternary nitrogens is 1. The second kappa shape index (κ2) is 2.98. The van der Waals surface area contributed by atoms with Gasteiger partial charge in [0.05, 0.1) is 27.7 Å². The molecule has 14 heavy (non-hydrogen) atoms. The number of hydrogen-bond donors (Lipinski definition) is 0. The minimum absolute atomic E-state index is 0.665. The lowest BCUT2D eigenvalue weighted by Gasteiger charge is -2.60. The van der Waals surface area contributed by atoms with Crippen LogP contribution in [0.2, 0.25) is 0 Å². The molecule has 3 rings (SSSR count). The zero-order chi connectivity index (χ0) is 10.6. The molecule has 0 heterocycles. The van der Waals surface area contributed by atoms with Crippen molar-refractivity contribution in [2.24, 2.45) is 23.2 Å². The Kier molecular flexibility index (Phi) is 2.23. The summed E-state index contributed by atoms with van der Waals surface area (Å²) in [6.07, 6.45) is 4.51. The average Bonchev–Trinajstić information content (AvgIpc) is 2.00. The first kappa shape index (κ1) is 10.5. The van der Waals surface area contributed by atoms with Crippen molar-refractivity contribution in [2.75, 3.05) is 27.7 Å². The minimum Gasteiger partial charge on any atom is -0.331 e. The third-order valence-corrected chi connectivity index (χ3v) is 4.78. The highest BCUT2D eigenvalue weighted by atomic mass is 15.3. The molecule has 1 heteroatoms. The number of hydrogen-bond acceptors (Lipinski definition) is 0. The van der Waals surface area contributed by atoms with Gasteiger partial charge in [0.2, 0.25) is 0 Å². The van der Waals surface area contributed by atoms with Crippen LogP contribution in [0.3, 0.4) is 0 Å². The third-order valence-electron chi connectivity index (χ3n) is 4.78. The van der Waals surface area contributed by atoms with Crippen LogP contribution in [-0.4, -0.2) is 32.2 Å². The molecular weight excluding hydrogens is 170 g/mol. The molecule has 0 spiro atoms. The second-order valence-electron chi connectivity index (χ2n) is 7.17. The Morgan fingerprint density at radius 2 is 1.79 bits per heavy atom. The highest BCUT2D eigenvalue weighted by Crippen LogP contribution is 2.61. The predicted molar refractivity (Wildman–Crippen MR) is 61.0 cm³/mol. The van der Waals surface area contributed by atoms with Crippen molar-refractivity contribution in [3.05, 3.63) is 0 Å². The first-order valence-corrected chi connectivity index (χ1v) is 6.11. The van der Waals surface area contributed by atoms with Gasteiger partial charge in [-0.25, -0.2) is 0 Å². The maximum Gasteiger partial charge on any atom is 0.0811 e. The van der Waals surface area contributed by atoms with Crippen LogP contribution >= 0.6 is 0 Å². The molecular formula is C13H26N+. The van der Waals surface area contributed by atoms with Crippen molar-refractivity contribution >= 4 is 0 Å². The van der Waals surface area contributed by atoms with Crippen LogP contribution in [0.15, 0.2) is 0 Å². The summed E-state index contributed by atoms with van der Waals surface area (Å²) in [6, 6.07) is 0. The number of fused-ring (bicyclic) bond motifs is 2. The summed E-state index contributed by atoms with van der Waals surface area (Å²) >= 11 is 0. The van der Waals surface area contributed by atoms with Crippen molar-refractivity contribution < 1.29 is 4.48 Å². The van der Waals surface area contributed by atoms with Gasteiger partial charge in [-0.15, -0.1) is 0 Å². The van der Waals surface area contributed by atoms with Crippen molar-refractivity contribution in [2.45, 2.75) is 33.1 Å². The highest BCUT2D eigenvalue weighted by molar-refractivity contribution is 5.03.